The van der Waals surface area contributed by atoms with Crippen molar-refractivity contribution < 1.29 is 24.2 Å². The van der Waals surface area contributed by atoms with Gasteiger partial charge in [0.25, 0.3) is 0 Å². The number of aliphatic carboxylic acids is 1. The maximum absolute atomic E-state index is 11.4. The lowest BCUT2D eigenvalue weighted by Gasteiger charge is -2.19. The summed E-state index contributed by atoms with van der Waals surface area (Å²) in [6, 6.07) is -0.564. The van der Waals surface area contributed by atoms with Gasteiger partial charge in [0.1, 0.15) is 6.61 Å². The van der Waals surface area contributed by atoms with Crippen molar-refractivity contribution in [1.82, 2.24) is 5.32 Å². The minimum Gasteiger partial charge on any atom is -0.479 e. The molecule has 0 aliphatic rings. The van der Waals surface area contributed by atoms with Crippen LogP contribution in [-0.4, -0.2) is 41.5 Å². The van der Waals surface area contributed by atoms with Crippen LogP contribution in [0.3, 0.4) is 0 Å². The zero-order chi connectivity index (χ0) is 13.6. The van der Waals surface area contributed by atoms with E-state index < -0.39 is 24.0 Å². The molecular formula is C11H19NO5. The normalized spacial score (nSPS) is 14.2. The highest BCUT2D eigenvalue weighted by Gasteiger charge is 2.21. The van der Waals surface area contributed by atoms with Gasteiger partial charge < -0.3 is 15.2 Å². The van der Waals surface area contributed by atoms with Crippen molar-refractivity contribution in [3.8, 4) is 0 Å². The van der Waals surface area contributed by atoms with Crippen molar-refractivity contribution in [2.45, 2.75) is 39.8 Å². The molecule has 0 aliphatic carbocycles. The van der Waals surface area contributed by atoms with Crippen molar-refractivity contribution in [3.63, 3.8) is 0 Å². The van der Waals surface area contributed by atoms with Crippen LogP contribution >= 0.6 is 0 Å². The van der Waals surface area contributed by atoms with Gasteiger partial charge in [0.15, 0.2) is 11.9 Å². The zero-order valence-electron chi connectivity index (χ0n) is 10.5. The van der Waals surface area contributed by atoms with Gasteiger partial charge in [0.05, 0.1) is 6.04 Å². The van der Waals surface area contributed by atoms with Crippen LogP contribution in [0, 0.1) is 5.92 Å². The first kappa shape index (κ1) is 15.6. The van der Waals surface area contributed by atoms with Crippen LogP contribution in [0.15, 0.2) is 0 Å². The Morgan fingerprint density at radius 3 is 2.12 bits per heavy atom. The number of carbonyl (C=O) groups excluding carboxylic acids is 2. The number of carbonyl (C=O) groups is 3. The fraction of sp³-hybridized carbons (Fsp3) is 0.727. The Morgan fingerprint density at radius 2 is 1.76 bits per heavy atom. The molecule has 6 nitrogen and oxygen atoms in total. The lowest BCUT2D eigenvalue weighted by atomic mass is 10.0. The number of Topliss-reactive ketones (excluding diaryl/α,β-unsaturated/α-hetero) is 1. The molecule has 2 unspecified atom stereocenters. The molecule has 0 aliphatic heterocycles. The largest absolute Gasteiger partial charge is 0.479 e. The Kier molecular flexibility index (Phi) is 6.42. The molecule has 0 fully saturated rings. The third-order valence-electron chi connectivity index (χ3n) is 2.23. The van der Waals surface area contributed by atoms with E-state index >= 15 is 0 Å². The average Bonchev–Trinajstić information content (AvgIpc) is 2.21. The highest BCUT2D eigenvalue weighted by atomic mass is 16.5. The Bertz CT molecular complexity index is 300. The van der Waals surface area contributed by atoms with E-state index in [1.807, 2.05) is 13.8 Å². The topological polar surface area (TPSA) is 92.7 Å². The summed E-state index contributed by atoms with van der Waals surface area (Å²) in [6.45, 7) is 5.98. The summed E-state index contributed by atoms with van der Waals surface area (Å²) in [5.74, 6) is -1.79. The number of rotatable bonds is 7. The van der Waals surface area contributed by atoms with Gasteiger partial charge in [0, 0.05) is 0 Å². The van der Waals surface area contributed by atoms with Crippen LogP contribution in [0.2, 0.25) is 0 Å². The fourth-order valence-corrected chi connectivity index (χ4v) is 1.22. The number of amides is 1. The van der Waals surface area contributed by atoms with Gasteiger partial charge in [0.2, 0.25) is 5.91 Å². The first-order valence-electron chi connectivity index (χ1n) is 5.40. The number of carboxylic acids is 1. The fourth-order valence-electron chi connectivity index (χ4n) is 1.22. The second-order valence-corrected chi connectivity index (χ2v) is 4.19. The van der Waals surface area contributed by atoms with Crippen molar-refractivity contribution >= 4 is 17.7 Å². The minimum atomic E-state index is -1.13. The summed E-state index contributed by atoms with van der Waals surface area (Å²) in [5.41, 5.74) is 0. The molecule has 2 atom stereocenters. The molecule has 0 aromatic carbocycles. The molecule has 1 amide bonds. The van der Waals surface area contributed by atoms with Crippen LogP contribution in [0.25, 0.3) is 0 Å². The average molecular weight is 245 g/mol. The lowest BCUT2D eigenvalue weighted by molar-refractivity contribution is -0.151. The quantitative estimate of drug-likeness (QED) is 0.668. The van der Waals surface area contributed by atoms with Crippen LogP contribution in [-0.2, 0) is 19.1 Å². The smallest absolute Gasteiger partial charge is 0.332 e. The third-order valence-corrected chi connectivity index (χ3v) is 2.23. The predicted molar refractivity (Wildman–Crippen MR) is 60.5 cm³/mol. The number of ketones is 1. The van der Waals surface area contributed by atoms with Crippen molar-refractivity contribution in [3.05, 3.63) is 0 Å². The molecule has 0 saturated heterocycles. The predicted octanol–water partition coefficient (Wildman–Crippen LogP) is 0.206. The molecule has 2 N–H and O–H groups in total. The van der Waals surface area contributed by atoms with Crippen LogP contribution in [0.1, 0.15) is 27.7 Å². The van der Waals surface area contributed by atoms with Gasteiger partial charge in [-0.3, -0.25) is 9.59 Å². The van der Waals surface area contributed by atoms with Gasteiger partial charge in [-0.05, 0) is 19.8 Å². The van der Waals surface area contributed by atoms with E-state index in [9.17, 15) is 14.4 Å². The number of hydrogen-bond donors (Lipinski definition) is 2. The van der Waals surface area contributed by atoms with E-state index in [0.717, 1.165) is 0 Å². The maximum atomic E-state index is 11.4. The molecular weight excluding hydrogens is 226 g/mol. The Morgan fingerprint density at radius 1 is 1.24 bits per heavy atom. The summed E-state index contributed by atoms with van der Waals surface area (Å²) >= 11 is 0. The van der Waals surface area contributed by atoms with E-state index in [0.29, 0.717) is 0 Å². The highest BCUT2D eigenvalue weighted by Crippen LogP contribution is 2.02. The molecule has 98 valence electrons. The molecule has 0 saturated carbocycles. The number of carboxylic acid groups (broad SMARTS) is 1. The zero-order valence-corrected chi connectivity index (χ0v) is 10.5. The SMILES string of the molecule is CC(=O)C(NC(=O)COC(C)C(=O)O)C(C)C. The number of nitrogens with one attached hydrogen (secondary N) is 1. The van der Waals surface area contributed by atoms with Gasteiger partial charge >= 0.3 is 5.97 Å². The second-order valence-electron chi connectivity index (χ2n) is 4.19. The van der Waals surface area contributed by atoms with Crippen LogP contribution in [0.4, 0.5) is 0 Å². The number of ether oxygens (including phenoxy) is 1. The van der Waals surface area contributed by atoms with E-state index in [-0.39, 0.29) is 18.3 Å². The first-order chi connectivity index (χ1) is 7.75. The van der Waals surface area contributed by atoms with Crippen molar-refractivity contribution in [2.75, 3.05) is 6.61 Å². The number of hydrogen-bond acceptors (Lipinski definition) is 4. The van der Waals surface area contributed by atoms with E-state index in [2.05, 4.69) is 5.32 Å². The highest BCUT2D eigenvalue weighted by molar-refractivity contribution is 5.88. The van der Waals surface area contributed by atoms with Crippen molar-refractivity contribution in [1.29, 1.82) is 0 Å². The molecule has 6 heteroatoms. The molecule has 0 aromatic rings. The van der Waals surface area contributed by atoms with E-state index in [1.54, 1.807) is 0 Å². The molecule has 0 heterocycles. The molecule has 0 spiro atoms. The second kappa shape index (κ2) is 7.01. The molecule has 0 bridgehead atoms. The summed E-state index contributed by atoms with van der Waals surface area (Å²) in [4.78, 5) is 33.1. The van der Waals surface area contributed by atoms with Crippen LogP contribution < -0.4 is 5.32 Å². The van der Waals surface area contributed by atoms with Gasteiger partial charge in [-0.15, -0.1) is 0 Å². The lowest BCUT2D eigenvalue weighted by Crippen LogP contribution is -2.45. The first-order valence-corrected chi connectivity index (χ1v) is 5.40. The molecule has 0 rings (SSSR count). The van der Waals surface area contributed by atoms with Crippen molar-refractivity contribution in [2.24, 2.45) is 5.92 Å². The van der Waals surface area contributed by atoms with Gasteiger partial charge in [-0.2, -0.15) is 0 Å². The Balaban J connectivity index is 4.16. The molecule has 17 heavy (non-hydrogen) atoms. The third kappa shape index (κ3) is 6.01. The van der Waals surface area contributed by atoms with Crippen LogP contribution in [0.5, 0.6) is 0 Å². The standard InChI is InChI=1S/C11H19NO5/c1-6(2)10(7(3)13)12-9(14)5-17-8(4)11(15)16/h6,8,10H,5H2,1-4H3,(H,12,14)(H,15,16). The monoisotopic (exact) mass is 245 g/mol. The summed E-state index contributed by atoms with van der Waals surface area (Å²) in [7, 11) is 0. The van der Waals surface area contributed by atoms with E-state index in [4.69, 9.17) is 9.84 Å². The maximum Gasteiger partial charge on any atom is 0.332 e. The molecule has 0 aromatic heterocycles. The van der Waals surface area contributed by atoms with Gasteiger partial charge in [-0.1, -0.05) is 13.8 Å². The summed E-state index contributed by atoms with van der Waals surface area (Å²) in [6.07, 6.45) is -1.05. The molecule has 0 radical (unpaired) electrons. The van der Waals surface area contributed by atoms with E-state index in [1.165, 1.54) is 13.8 Å². The summed E-state index contributed by atoms with van der Waals surface area (Å²) in [5, 5.41) is 11.0. The Labute approximate surface area is 100 Å². The Hall–Kier alpha value is -1.43. The van der Waals surface area contributed by atoms with Gasteiger partial charge in [-0.25, -0.2) is 4.79 Å². The summed E-state index contributed by atoms with van der Waals surface area (Å²) < 4.78 is 4.80. The minimum absolute atomic E-state index is 0.0200.